The Balaban J connectivity index is 2.76. The molecule has 0 radical (unpaired) electrons. The van der Waals surface area contributed by atoms with Gasteiger partial charge in [0.15, 0.2) is 17.6 Å². The molecule has 0 atom stereocenters. The molecule has 0 aliphatic heterocycles. The summed E-state index contributed by atoms with van der Waals surface area (Å²) in [7, 11) is 0. The van der Waals surface area contributed by atoms with Crippen molar-refractivity contribution in [2.75, 3.05) is 0 Å². The molecule has 3 heteroatoms. The van der Waals surface area contributed by atoms with E-state index in [1.165, 1.54) is 12.0 Å². The minimum Gasteiger partial charge on any atom is -0.441 e. The van der Waals surface area contributed by atoms with Crippen molar-refractivity contribution in [2.24, 2.45) is 0 Å². The van der Waals surface area contributed by atoms with Crippen LogP contribution in [0.3, 0.4) is 0 Å². The summed E-state index contributed by atoms with van der Waals surface area (Å²) in [6.07, 6.45) is 1.47. The molecule has 2 heterocycles. The fourth-order valence-corrected chi connectivity index (χ4v) is 1.79. The van der Waals surface area contributed by atoms with Crippen LogP contribution in [-0.4, -0.2) is 9.97 Å². The predicted octanol–water partition coefficient (Wildman–Crippen LogP) is 3.82. The maximum Gasteiger partial charge on any atom is 0.199 e. The number of pyridine rings is 1. The molecule has 0 unspecified atom stereocenters. The van der Waals surface area contributed by atoms with Gasteiger partial charge in [-0.15, -0.1) is 0 Å². The van der Waals surface area contributed by atoms with E-state index in [0.29, 0.717) is 5.65 Å². The van der Waals surface area contributed by atoms with Crippen LogP contribution in [-0.2, 0) is 10.8 Å². The molecule has 2 aromatic heterocycles. The van der Waals surface area contributed by atoms with Gasteiger partial charge in [0.2, 0.25) is 0 Å². The van der Waals surface area contributed by atoms with E-state index in [9.17, 15) is 0 Å². The van der Waals surface area contributed by atoms with Crippen molar-refractivity contribution >= 4 is 11.2 Å². The number of oxazole rings is 1. The molecule has 2 rings (SSSR count). The van der Waals surface area contributed by atoms with E-state index in [1.807, 2.05) is 0 Å². The summed E-state index contributed by atoms with van der Waals surface area (Å²) in [6.45, 7) is 13.0. The van der Waals surface area contributed by atoms with E-state index in [1.54, 1.807) is 0 Å². The molecular weight excluding hydrogens is 212 g/mol. The van der Waals surface area contributed by atoms with Gasteiger partial charge in [-0.2, -0.15) is 4.98 Å². The van der Waals surface area contributed by atoms with Crippen molar-refractivity contribution in [2.45, 2.75) is 52.4 Å². The number of aromatic nitrogens is 2. The predicted molar refractivity (Wildman–Crippen MR) is 69.2 cm³/mol. The van der Waals surface area contributed by atoms with Crippen molar-refractivity contribution in [3.63, 3.8) is 0 Å². The highest BCUT2D eigenvalue weighted by atomic mass is 16.3. The number of hydrogen-bond acceptors (Lipinski definition) is 3. The number of hydrogen-bond donors (Lipinski definition) is 0. The number of nitrogens with zero attached hydrogens (tertiary/aromatic N) is 2. The Labute approximate surface area is 102 Å². The lowest BCUT2D eigenvalue weighted by Gasteiger charge is -2.23. The zero-order chi connectivity index (χ0) is 12.8. The van der Waals surface area contributed by atoms with Gasteiger partial charge in [-0.05, 0) is 11.5 Å². The zero-order valence-corrected chi connectivity index (χ0v) is 11.5. The highest BCUT2D eigenvalue weighted by molar-refractivity contribution is 5.73. The van der Waals surface area contributed by atoms with Gasteiger partial charge in [0.1, 0.15) is 0 Å². The maximum atomic E-state index is 5.47. The van der Waals surface area contributed by atoms with Crippen molar-refractivity contribution < 1.29 is 4.42 Å². The largest absolute Gasteiger partial charge is 0.441 e. The lowest BCUT2D eigenvalue weighted by Crippen LogP contribution is -2.18. The van der Waals surface area contributed by atoms with Gasteiger partial charge in [0.25, 0.3) is 0 Å². The molecule has 0 N–H and O–H groups in total. The van der Waals surface area contributed by atoms with E-state index in [-0.39, 0.29) is 10.8 Å². The summed E-state index contributed by atoms with van der Waals surface area (Å²) >= 11 is 0. The van der Waals surface area contributed by atoms with Crippen molar-refractivity contribution in [1.29, 1.82) is 0 Å². The fourth-order valence-electron chi connectivity index (χ4n) is 1.79. The topological polar surface area (TPSA) is 38.9 Å². The Kier molecular flexibility index (Phi) is 2.53. The third-order valence-electron chi connectivity index (χ3n) is 2.88. The van der Waals surface area contributed by atoms with Crippen LogP contribution in [0.2, 0.25) is 0 Å². The Morgan fingerprint density at radius 3 is 2.18 bits per heavy atom. The van der Waals surface area contributed by atoms with Crippen LogP contribution in [0.25, 0.3) is 11.2 Å². The first-order chi connectivity index (χ1) is 7.69. The molecule has 0 fully saturated rings. The van der Waals surface area contributed by atoms with E-state index >= 15 is 0 Å². The molecule has 3 nitrogen and oxygen atoms in total. The van der Waals surface area contributed by atoms with Crippen LogP contribution < -0.4 is 0 Å². The van der Waals surface area contributed by atoms with Gasteiger partial charge in [0, 0.05) is 16.7 Å². The van der Waals surface area contributed by atoms with Gasteiger partial charge >= 0.3 is 0 Å². The molecule has 0 aliphatic carbocycles. The Morgan fingerprint density at radius 2 is 1.65 bits per heavy atom. The quantitative estimate of drug-likeness (QED) is 0.693. The summed E-state index contributed by atoms with van der Waals surface area (Å²) in [6, 6.07) is 2.15. The molecule has 0 amide bonds. The SMILES string of the molecule is CC(C)(C)c1cc(C(C)(C)C)c2ocnc2n1. The molecular formula is C14H20N2O. The molecule has 0 bridgehead atoms. The first kappa shape index (κ1) is 12.1. The summed E-state index contributed by atoms with van der Waals surface area (Å²) in [5.74, 6) is 0. The number of fused-ring (bicyclic) bond motifs is 1. The van der Waals surface area contributed by atoms with E-state index in [4.69, 9.17) is 4.42 Å². The first-order valence-corrected chi connectivity index (χ1v) is 5.95. The minimum absolute atomic E-state index is 0.0210. The summed E-state index contributed by atoms with van der Waals surface area (Å²) in [5.41, 5.74) is 3.80. The Morgan fingerprint density at radius 1 is 1.00 bits per heavy atom. The lowest BCUT2D eigenvalue weighted by molar-refractivity contribution is 0.540. The Hall–Kier alpha value is -1.38. The van der Waals surface area contributed by atoms with E-state index in [0.717, 1.165) is 11.3 Å². The normalized spacial score (nSPS) is 13.3. The van der Waals surface area contributed by atoms with E-state index in [2.05, 4.69) is 57.6 Å². The smallest absolute Gasteiger partial charge is 0.199 e. The molecule has 92 valence electrons. The Bertz CT molecular complexity index is 541. The van der Waals surface area contributed by atoms with Crippen molar-refractivity contribution in [3.8, 4) is 0 Å². The standard InChI is InChI=1S/C14H20N2O/c1-13(2,3)9-7-10(14(4,5)6)16-12-11(9)17-8-15-12/h7-8H,1-6H3. The fraction of sp³-hybridized carbons (Fsp3) is 0.571. The van der Waals surface area contributed by atoms with Gasteiger partial charge in [-0.3, -0.25) is 0 Å². The second kappa shape index (κ2) is 3.56. The number of rotatable bonds is 0. The van der Waals surface area contributed by atoms with Crippen LogP contribution in [0.1, 0.15) is 52.8 Å². The maximum absolute atomic E-state index is 5.47. The second-order valence-electron chi connectivity index (χ2n) is 6.56. The second-order valence-corrected chi connectivity index (χ2v) is 6.56. The van der Waals surface area contributed by atoms with Crippen molar-refractivity contribution in [1.82, 2.24) is 9.97 Å². The van der Waals surface area contributed by atoms with Gasteiger partial charge in [-0.25, -0.2) is 4.98 Å². The monoisotopic (exact) mass is 232 g/mol. The molecule has 0 spiro atoms. The van der Waals surface area contributed by atoms with Gasteiger partial charge in [0.05, 0.1) is 0 Å². The summed E-state index contributed by atoms with van der Waals surface area (Å²) < 4.78 is 5.47. The highest BCUT2D eigenvalue weighted by Gasteiger charge is 2.25. The lowest BCUT2D eigenvalue weighted by atomic mass is 9.83. The van der Waals surface area contributed by atoms with Crippen LogP contribution in [0.4, 0.5) is 0 Å². The third-order valence-corrected chi connectivity index (χ3v) is 2.88. The van der Waals surface area contributed by atoms with Gasteiger partial charge < -0.3 is 4.42 Å². The minimum atomic E-state index is 0.0210. The van der Waals surface area contributed by atoms with E-state index < -0.39 is 0 Å². The molecule has 0 saturated carbocycles. The van der Waals surface area contributed by atoms with Crippen LogP contribution in [0.15, 0.2) is 16.9 Å². The van der Waals surface area contributed by atoms with Crippen molar-refractivity contribution in [3.05, 3.63) is 23.7 Å². The third kappa shape index (κ3) is 2.19. The van der Waals surface area contributed by atoms with Crippen LogP contribution in [0.5, 0.6) is 0 Å². The molecule has 2 aromatic rings. The summed E-state index contributed by atoms with van der Waals surface area (Å²) in [5, 5.41) is 0. The molecule has 0 saturated heterocycles. The molecule has 0 aromatic carbocycles. The zero-order valence-electron chi connectivity index (χ0n) is 11.5. The first-order valence-electron chi connectivity index (χ1n) is 5.95. The highest BCUT2D eigenvalue weighted by Crippen LogP contribution is 2.32. The average Bonchev–Trinajstić information content (AvgIpc) is 2.59. The average molecular weight is 232 g/mol. The summed E-state index contributed by atoms with van der Waals surface area (Å²) in [4.78, 5) is 8.77. The molecule has 0 aliphatic rings. The molecule has 17 heavy (non-hydrogen) atoms. The van der Waals surface area contributed by atoms with Gasteiger partial charge in [-0.1, -0.05) is 41.5 Å². The van der Waals surface area contributed by atoms with Crippen LogP contribution in [0, 0.1) is 0 Å². The van der Waals surface area contributed by atoms with Crippen LogP contribution >= 0.6 is 0 Å².